The highest BCUT2D eigenvalue weighted by atomic mass is 32.2. The van der Waals surface area contributed by atoms with Gasteiger partial charge < -0.3 is 14.4 Å². The van der Waals surface area contributed by atoms with Crippen LogP contribution in [0.4, 0.5) is 0 Å². The molecule has 1 aliphatic rings. The van der Waals surface area contributed by atoms with E-state index in [0.29, 0.717) is 19.6 Å². The lowest BCUT2D eigenvalue weighted by atomic mass is 10.2. The first-order chi connectivity index (χ1) is 9.14. The van der Waals surface area contributed by atoms with Gasteiger partial charge in [-0.25, -0.2) is 8.42 Å². The minimum Gasteiger partial charge on any atom is -0.383 e. The number of rotatable bonds is 6. The number of hydrogen-bond donors (Lipinski definition) is 0. The van der Waals surface area contributed by atoms with E-state index in [1.165, 1.54) is 0 Å². The van der Waals surface area contributed by atoms with Gasteiger partial charge in [-0.1, -0.05) is 0 Å². The van der Waals surface area contributed by atoms with Gasteiger partial charge in [0.05, 0.1) is 23.7 Å². The van der Waals surface area contributed by atoms with Gasteiger partial charge in [-0.2, -0.15) is 0 Å². The van der Waals surface area contributed by atoms with Crippen molar-refractivity contribution < 1.29 is 22.7 Å². The largest absolute Gasteiger partial charge is 0.383 e. The highest BCUT2D eigenvalue weighted by Gasteiger charge is 2.34. The van der Waals surface area contributed by atoms with Crippen molar-refractivity contribution in [2.24, 2.45) is 0 Å². The van der Waals surface area contributed by atoms with Crippen molar-refractivity contribution in [2.45, 2.75) is 38.8 Å². The Morgan fingerprint density at radius 2 is 2.00 bits per heavy atom. The normalized spacial score (nSPS) is 21.9. The Labute approximate surface area is 121 Å². The molecule has 0 radical (unpaired) electrons. The molecule has 1 saturated heterocycles. The zero-order chi connectivity index (χ0) is 15.4. The average Bonchev–Trinajstić information content (AvgIpc) is 2.66. The third-order valence-corrected chi connectivity index (χ3v) is 4.88. The van der Waals surface area contributed by atoms with Crippen molar-refractivity contribution >= 4 is 15.7 Å². The highest BCUT2D eigenvalue weighted by molar-refractivity contribution is 7.91. The maximum absolute atomic E-state index is 12.2. The van der Waals surface area contributed by atoms with Crippen LogP contribution < -0.4 is 0 Å². The summed E-state index contributed by atoms with van der Waals surface area (Å²) in [6.07, 6.45) is 0.493. The summed E-state index contributed by atoms with van der Waals surface area (Å²) >= 11 is 0. The predicted molar refractivity (Wildman–Crippen MR) is 76.4 cm³/mol. The molecule has 1 rings (SSSR count). The fraction of sp³-hybridized carbons (Fsp3) is 0.923. The standard InChI is InChI=1S/C13H25NO5S/c1-13(2,3)19-9-12(15)14(6-7-18-4)11-5-8-20(16,17)10-11/h11H,5-10H2,1-4H3. The molecule has 7 heteroatoms. The summed E-state index contributed by atoms with van der Waals surface area (Å²) in [6.45, 7) is 6.37. The van der Waals surface area contributed by atoms with Crippen LogP contribution in [-0.4, -0.2) is 69.2 Å². The molecule has 0 saturated carbocycles. The van der Waals surface area contributed by atoms with Crippen molar-refractivity contribution in [1.82, 2.24) is 4.90 Å². The molecule has 1 fully saturated rings. The average molecular weight is 307 g/mol. The van der Waals surface area contributed by atoms with Gasteiger partial charge in [-0.15, -0.1) is 0 Å². The summed E-state index contributed by atoms with van der Waals surface area (Å²) in [7, 11) is -1.46. The third-order valence-electron chi connectivity index (χ3n) is 3.13. The number of methoxy groups -OCH3 is 1. The zero-order valence-corrected chi connectivity index (χ0v) is 13.5. The van der Waals surface area contributed by atoms with Crippen LogP contribution in [0.5, 0.6) is 0 Å². The lowest BCUT2D eigenvalue weighted by molar-refractivity contribution is -0.143. The minimum atomic E-state index is -3.02. The van der Waals surface area contributed by atoms with E-state index < -0.39 is 15.4 Å². The quantitative estimate of drug-likeness (QED) is 0.713. The monoisotopic (exact) mass is 307 g/mol. The number of hydrogen-bond acceptors (Lipinski definition) is 5. The van der Waals surface area contributed by atoms with Crippen LogP contribution in [0.25, 0.3) is 0 Å². The Bertz CT molecular complexity index is 427. The van der Waals surface area contributed by atoms with Crippen molar-refractivity contribution in [1.29, 1.82) is 0 Å². The van der Waals surface area contributed by atoms with Gasteiger partial charge in [-0.3, -0.25) is 4.79 Å². The molecule has 0 aromatic carbocycles. The number of carbonyl (C=O) groups excluding carboxylic acids is 1. The molecular formula is C13H25NO5S. The number of nitrogens with zero attached hydrogens (tertiary/aromatic N) is 1. The minimum absolute atomic E-state index is 0.0379. The second kappa shape index (κ2) is 6.87. The van der Waals surface area contributed by atoms with Gasteiger partial charge in [0, 0.05) is 19.7 Å². The molecule has 0 spiro atoms. The molecule has 6 nitrogen and oxygen atoms in total. The predicted octanol–water partition coefficient (Wildman–Crippen LogP) is 0.464. The van der Waals surface area contributed by atoms with E-state index in [1.807, 2.05) is 20.8 Å². The topological polar surface area (TPSA) is 72.9 Å². The molecule has 0 bridgehead atoms. The first-order valence-electron chi connectivity index (χ1n) is 6.77. The van der Waals surface area contributed by atoms with Gasteiger partial charge in [0.1, 0.15) is 6.61 Å². The van der Waals surface area contributed by atoms with Crippen molar-refractivity contribution in [3.05, 3.63) is 0 Å². The molecule has 1 heterocycles. The SMILES string of the molecule is COCCN(C(=O)COC(C)(C)C)C1CCS(=O)(=O)C1. The molecule has 1 unspecified atom stereocenters. The van der Waals surface area contributed by atoms with Gasteiger partial charge in [0.2, 0.25) is 5.91 Å². The molecule has 0 aromatic heterocycles. The molecule has 0 aromatic rings. The van der Waals surface area contributed by atoms with Crippen LogP contribution in [0.3, 0.4) is 0 Å². The smallest absolute Gasteiger partial charge is 0.248 e. The maximum Gasteiger partial charge on any atom is 0.248 e. The summed E-state index contributed by atoms with van der Waals surface area (Å²) in [5, 5.41) is 0. The van der Waals surface area contributed by atoms with Crippen molar-refractivity contribution in [3.8, 4) is 0 Å². The van der Waals surface area contributed by atoms with E-state index in [1.54, 1.807) is 12.0 Å². The lowest BCUT2D eigenvalue weighted by Crippen LogP contribution is -2.45. The molecule has 1 amide bonds. The number of ether oxygens (including phenoxy) is 2. The first-order valence-corrected chi connectivity index (χ1v) is 8.59. The van der Waals surface area contributed by atoms with E-state index in [0.717, 1.165) is 0 Å². The Morgan fingerprint density at radius 3 is 2.45 bits per heavy atom. The van der Waals surface area contributed by atoms with Crippen molar-refractivity contribution in [2.75, 3.05) is 38.4 Å². The van der Waals surface area contributed by atoms with Crippen molar-refractivity contribution in [3.63, 3.8) is 0 Å². The number of carbonyl (C=O) groups is 1. The summed E-state index contributed by atoms with van der Waals surface area (Å²) in [5.41, 5.74) is -0.398. The summed E-state index contributed by atoms with van der Waals surface area (Å²) in [5.74, 6) is 0.00562. The lowest BCUT2D eigenvalue weighted by Gasteiger charge is -2.29. The molecule has 20 heavy (non-hydrogen) atoms. The molecule has 1 atom stereocenters. The molecule has 0 N–H and O–H groups in total. The van der Waals surface area contributed by atoms with Gasteiger partial charge in [-0.05, 0) is 27.2 Å². The Morgan fingerprint density at radius 1 is 1.35 bits per heavy atom. The van der Waals surface area contributed by atoms with Crippen LogP contribution in [-0.2, 0) is 24.1 Å². The van der Waals surface area contributed by atoms with Crippen LogP contribution in [0.1, 0.15) is 27.2 Å². The maximum atomic E-state index is 12.2. The number of sulfone groups is 1. The fourth-order valence-electron chi connectivity index (χ4n) is 2.08. The van der Waals surface area contributed by atoms with Crippen LogP contribution >= 0.6 is 0 Å². The Kier molecular flexibility index (Phi) is 5.97. The van der Waals surface area contributed by atoms with E-state index in [9.17, 15) is 13.2 Å². The van der Waals surface area contributed by atoms with Gasteiger partial charge in [0.15, 0.2) is 9.84 Å². The van der Waals surface area contributed by atoms with E-state index in [2.05, 4.69) is 0 Å². The highest BCUT2D eigenvalue weighted by Crippen LogP contribution is 2.18. The zero-order valence-electron chi connectivity index (χ0n) is 12.7. The molecular weight excluding hydrogens is 282 g/mol. The summed E-state index contributed by atoms with van der Waals surface area (Å²) in [6, 6.07) is -0.258. The molecule has 1 aliphatic heterocycles. The van der Waals surface area contributed by atoms with Crippen LogP contribution in [0.15, 0.2) is 0 Å². The summed E-state index contributed by atoms with van der Waals surface area (Å²) in [4.78, 5) is 13.8. The second-order valence-electron chi connectivity index (χ2n) is 6.04. The van der Waals surface area contributed by atoms with E-state index >= 15 is 0 Å². The van der Waals surface area contributed by atoms with Crippen LogP contribution in [0.2, 0.25) is 0 Å². The van der Waals surface area contributed by atoms with Gasteiger partial charge in [0.25, 0.3) is 0 Å². The molecule has 0 aliphatic carbocycles. The third kappa shape index (κ3) is 5.76. The van der Waals surface area contributed by atoms with E-state index in [-0.39, 0.29) is 30.1 Å². The Balaban J connectivity index is 2.66. The summed E-state index contributed by atoms with van der Waals surface area (Å²) < 4.78 is 33.6. The Hall–Kier alpha value is -0.660. The van der Waals surface area contributed by atoms with Crippen LogP contribution in [0, 0.1) is 0 Å². The molecule has 118 valence electrons. The second-order valence-corrected chi connectivity index (χ2v) is 8.27. The first kappa shape index (κ1) is 17.4. The van der Waals surface area contributed by atoms with Gasteiger partial charge >= 0.3 is 0 Å². The number of amides is 1. The fourth-order valence-corrected chi connectivity index (χ4v) is 3.81. The van der Waals surface area contributed by atoms with E-state index in [4.69, 9.17) is 9.47 Å².